The van der Waals surface area contributed by atoms with Gasteiger partial charge in [0.25, 0.3) is 5.91 Å². The van der Waals surface area contributed by atoms with Gasteiger partial charge >= 0.3 is 24.0 Å². The number of alkyl halides is 3. The Bertz CT molecular complexity index is 1870. The zero-order valence-corrected chi connectivity index (χ0v) is 28.7. The topological polar surface area (TPSA) is 159 Å². The smallest absolute Gasteiger partial charge is 0.422 e. The molecule has 1 heterocycles. The molecule has 0 atom stereocenters. The summed E-state index contributed by atoms with van der Waals surface area (Å²) in [6, 6.07) is 20.0. The molecule has 4 aromatic rings. The van der Waals surface area contributed by atoms with Crippen LogP contribution in [0.25, 0.3) is 0 Å². The number of aryl methyl sites for hydroxylation is 1. The van der Waals surface area contributed by atoms with Gasteiger partial charge < -0.3 is 31.3 Å². The Labute approximate surface area is 297 Å². The second-order valence-electron chi connectivity index (χ2n) is 12.9. The first-order valence-electron chi connectivity index (χ1n) is 15.9. The summed E-state index contributed by atoms with van der Waals surface area (Å²) in [5, 5.41) is 14.7. The first-order valence-corrected chi connectivity index (χ1v) is 16.3. The predicted molar refractivity (Wildman–Crippen MR) is 186 cm³/mol. The number of halogens is 4. The Kier molecular flexibility index (Phi) is 11.0. The van der Waals surface area contributed by atoms with E-state index in [-0.39, 0.29) is 30.9 Å². The summed E-state index contributed by atoms with van der Waals surface area (Å²) in [6.07, 6.45) is -3.13. The Balaban J connectivity index is 1.17. The van der Waals surface area contributed by atoms with Crippen LogP contribution in [0.15, 0.2) is 72.8 Å². The molecule has 0 saturated heterocycles. The second kappa shape index (κ2) is 15.2. The molecule has 0 radical (unpaired) electrons. The number of hydrogen-bond acceptors (Lipinski definition) is 9. The van der Waals surface area contributed by atoms with Crippen molar-refractivity contribution in [3.8, 4) is 6.01 Å². The summed E-state index contributed by atoms with van der Waals surface area (Å²) in [4.78, 5) is 49.9. The van der Waals surface area contributed by atoms with Crippen LogP contribution in [0.1, 0.15) is 48.2 Å². The van der Waals surface area contributed by atoms with Gasteiger partial charge in [0, 0.05) is 35.1 Å². The van der Waals surface area contributed by atoms with Gasteiger partial charge in [-0.05, 0) is 79.3 Å². The van der Waals surface area contributed by atoms with E-state index < -0.39 is 41.6 Å². The molecule has 3 amide bonds. The summed E-state index contributed by atoms with van der Waals surface area (Å²) >= 11 is 6.03. The first kappa shape index (κ1) is 36.8. The number of anilines is 4. The Morgan fingerprint density at radius 2 is 1.41 bits per heavy atom. The summed E-state index contributed by atoms with van der Waals surface area (Å²) in [7, 11) is 0. The van der Waals surface area contributed by atoms with Crippen molar-refractivity contribution in [2.45, 2.75) is 45.3 Å². The lowest BCUT2D eigenvalue weighted by Crippen LogP contribution is -2.44. The lowest BCUT2D eigenvalue weighted by molar-refractivity contribution is -0.154. The predicted octanol–water partition coefficient (Wildman–Crippen LogP) is 6.13. The average Bonchev–Trinajstić information content (AvgIpc) is 3.86. The molecule has 16 heteroatoms. The summed E-state index contributed by atoms with van der Waals surface area (Å²) in [6.45, 7) is 4.27. The van der Waals surface area contributed by atoms with Gasteiger partial charge in [-0.15, -0.1) is 0 Å². The zero-order valence-electron chi connectivity index (χ0n) is 28.0. The maximum atomic E-state index is 12.9. The Hall–Kier alpha value is -5.44. The van der Waals surface area contributed by atoms with Crippen molar-refractivity contribution >= 4 is 52.6 Å². The van der Waals surface area contributed by atoms with Crippen LogP contribution in [0.2, 0.25) is 5.02 Å². The van der Waals surface area contributed by atoms with Gasteiger partial charge in [0.05, 0.1) is 5.54 Å². The normalized spacial score (nSPS) is 13.5. The minimum absolute atomic E-state index is 0.0128. The molecule has 0 unspecified atom stereocenters. The third-order valence-corrected chi connectivity index (χ3v) is 8.10. The molecule has 1 aliphatic carbocycles. The highest BCUT2D eigenvalue weighted by Gasteiger charge is 2.45. The van der Waals surface area contributed by atoms with Gasteiger partial charge in [-0.2, -0.15) is 28.1 Å². The maximum Gasteiger partial charge on any atom is 0.422 e. The van der Waals surface area contributed by atoms with Gasteiger partial charge in [-0.3, -0.25) is 14.4 Å². The van der Waals surface area contributed by atoms with Crippen LogP contribution in [-0.4, -0.2) is 58.5 Å². The largest absolute Gasteiger partial charge is 0.454 e. The van der Waals surface area contributed by atoms with E-state index in [1.54, 1.807) is 48.5 Å². The van der Waals surface area contributed by atoms with Crippen LogP contribution >= 0.6 is 11.6 Å². The van der Waals surface area contributed by atoms with Crippen molar-refractivity contribution in [3.63, 3.8) is 0 Å². The number of rotatable bonds is 13. The summed E-state index contributed by atoms with van der Waals surface area (Å²) in [5.41, 5.74) is 2.08. The summed E-state index contributed by atoms with van der Waals surface area (Å²) < 4.78 is 43.6. The molecule has 12 nitrogen and oxygen atoms in total. The van der Waals surface area contributed by atoms with Crippen LogP contribution in [0.4, 0.5) is 36.4 Å². The van der Waals surface area contributed by atoms with E-state index in [4.69, 9.17) is 16.3 Å². The minimum atomic E-state index is -4.60. The van der Waals surface area contributed by atoms with Crippen molar-refractivity contribution in [1.29, 1.82) is 0 Å². The van der Waals surface area contributed by atoms with E-state index in [0.29, 0.717) is 22.0 Å². The lowest BCUT2D eigenvalue weighted by atomic mass is 9.93. The number of ether oxygens (including phenoxy) is 1. The summed E-state index contributed by atoms with van der Waals surface area (Å²) in [5.74, 6) is -2.05. The van der Waals surface area contributed by atoms with E-state index in [1.165, 1.54) is 0 Å². The molecule has 5 rings (SSSR count). The molecule has 1 saturated carbocycles. The average molecular weight is 725 g/mol. The fraction of sp³-hybridized carbons (Fsp3) is 0.314. The highest BCUT2D eigenvalue weighted by Crippen LogP contribution is 2.48. The number of benzene rings is 3. The first-order chi connectivity index (χ1) is 24.1. The van der Waals surface area contributed by atoms with Gasteiger partial charge in [0.1, 0.15) is 0 Å². The standard InChI is InChI=1S/C35H36ClF3N8O4/c1-21-4-12-25(13-5-21)42-29(50)28(49)41-19-33(2,3)18-40-27(48)22-6-14-26(15-7-22)43-30-44-31(46-32(45-30)51-20-35(37,38)39)47-34(16-17-34)23-8-10-24(36)11-9-23/h4-15H,16-20H2,1-3H3,(H,40,48)(H,41,49)(H,42,50)(H2,43,44,45,46,47). The van der Waals surface area contributed by atoms with Gasteiger partial charge in [0.15, 0.2) is 6.61 Å². The number of carbonyl (C=O) groups is 3. The number of nitrogens with zero attached hydrogens (tertiary/aromatic N) is 3. The number of carbonyl (C=O) groups excluding carboxylic acids is 3. The third-order valence-electron chi connectivity index (χ3n) is 7.85. The molecule has 1 aliphatic rings. The molecule has 3 aromatic carbocycles. The zero-order chi connectivity index (χ0) is 36.8. The number of hydrogen-bond donors (Lipinski definition) is 5. The quantitative estimate of drug-likeness (QED) is 0.102. The Morgan fingerprint density at radius 1 is 0.804 bits per heavy atom. The Morgan fingerprint density at radius 3 is 2.04 bits per heavy atom. The lowest BCUT2D eigenvalue weighted by Gasteiger charge is -2.25. The van der Waals surface area contributed by atoms with E-state index >= 15 is 0 Å². The van der Waals surface area contributed by atoms with Crippen molar-refractivity contribution in [2.75, 3.05) is 35.6 Å². The van der Waals surface area contributed by atoms with E-state index in [9.17, 15) is 27.6 Å². The van der Waals surface area contributed by atoms with Gasteiger partial charge in [-0.25, -0.2) is 0 Å². The van der Waals surface area contributed by atoms with Crippen LogP contribution in [0.5, 0.6) is 6.01 Å². The van der Waals surface area contributed by atoms with Crippen molar-refractivity contribution < 1.29 is 32.3 Å². The molecule has 5 N–H and O–H groups in total. The monoisotopic (exact) mass is 724 g/mol. The molecule has 1 fully saturated rings. The molecule has 0 aliphatic heterocycles. The number of nitrogens with one attached hydrogen (secondary N) is 5. The van der Waals surface area contributed by atoms with E-state index in [2.05, 4.69) is 41.5 Å². The maximum absolute atomic E-state index is 12.9. The highest BCUT2D eigenvalue weighted by atomic mass is 35.5. The minimum Gasteiger partial charge on any atom is -0.454 e. The fourth-order valence-electron chi connectivity index (χ4n) is 4.82. The van der Waals surface area contributed by atoms with Crippen molar-refractivity contribution in [3.05, 3.63) is 94.5 Å². The van der Waals surface area contributed by atoms with Gasteiger partial charge in [0.2, 0.25) is 11.9 Å². The van der Waals surface area contributed by atoms with Crippen molar-refractivity contribution in [2.24, 2.45) is 5.41 Å². The molecule has 51 heavy (non-hydrogen) atoms. The van der Waals surface area contributed by atoms with Gasteiger partial charge in [-0.1, -0.05) is 55.3 Å². The molecule has 0 spiro atoms. The molecule has 1 aromatic heterocycles. The van der Waals surface area contributed by atoms with Crippen LogP contribution in [0, 0.1) is 12.3 Å². The SMILES string of the molecule is Cc1ccc(NC(=O)C(=O)NCC(C)(C)CNC(=O)c2ccc(Nc3nc(NC4(c5ccc(Cl)cc5)CC4)nc(OCC(F)(F)F)n3)cc2)cc1. The van der Waals surface area contributed by atoms with Crippen LogP contribution < -0.4 is 31.3 Å². The highest BCUT2D eigenvalue weighted by molar-refractivity contribution is 6.39. The number of aromatic nitrogens is 3. The molecular weight excluding hydrogens is 689 g/mol. The van der Waals surface area contributed by atoms with Crippen LogP contribution in [0.3, 0.4) is 0 Å². The molecular formula is C35H36ClF3N8O4. The molecule has 0 bridgehead atoms. The van der Waals surface area contributed by atoms with Crippen molar-refractivity contribution in [1.82, 2.24) is 25.6 Å². The number of amides is 3. The second-order valence-corrected chi connectivity index (χ2v) is 13.4. The fourth-order valence-corrected chi connectivity index (χ4v) is 4.94. The van der Waals surface area contributed by atoms with Crippen LogP contribution in [-0.2, 0) is 15.1 Å². The third kappa shape index (κ3) is 10.8. The molecule has 268 valence electrons. The van der Waals surface area contributed by atoms with E-state index in [0.717, 1.165) is 24.0 Å². The van der Waals surface area contributed by atoms with E-state index in [1.807, 2.05) is 45.0 Å².